The first kappa shape index (κ1) is 18.6. The summed E-state index contributed by atoms with van der Waals surface area (Å²) in [6.07, 6.45) is 0. The van der Waals surface area contributed by atoms with Crippen LogP contribution in [0.3, 0.4) is 0 Å². The van der Waals surface area contributed by atoms with E-state index in [0.29, 0.717) is 16.7 Å². The third-order valence-electron chi connectivity index (χ3n) is 3.98. The Labute approximate surface area is 156 Å². The molecule has 0 heterocycles. The summed E-state index contributed by atoms with van der Waals surface area (Å²) in [5, 5.41) is 9.30. The first-order valence-corrected chi connectivity index (χ1v) is 9.89. The van der Waals surface area contributed by atoms with Crippen LogP contribution in [0.4, 0.5) is 4.39 Å². The predicted molar refractivity (Wildman–Crippen MR) is 100 cm³/mol. The quantitative estimate of drug-likeness (QED) is 0.692. The van der Waals surface area contributed by atoms with Crippen molar-refractivity contribution in [2.45, 2.75) is 17.3 Å². The molecule has 0 saturated carbocycles. The van der Waals surface area contributed by atoms with Gasteiger partial charge in [0.15, 0.2) is 9.84 Å². The second-order valence-electron chi connectivity index (χ2n) is 5.89. The first-order chi connectivity index (χ1) is 12.4. The molecular weight excluding hydrogens is 375 g/mol. The second kappa shape index (κ2) is 7.58. The molecule has 0 unspecified atom stereocenters. The molecule has 0 aliphatic rings. The Morgan fingerprint density at radius 3 is 2.19 bits per heavy atom. The van der Waals surface area contributed by atoms with E-state index in [1.54, 1.807) is 48.5 Å². The molecule has 3 aromatic carbocycles. The largest absolute Gasteiger partial charge is 0.392 e. The zero-order chi connectivity index (χ0) is 18.7. The van der Waals surface area contributed by atoms with Gasteiger partial charge in [-0.25, -0.2) is 12.8 Å². The van der Waals surface area contributed by atoms with E-state index in [2.05, 4.69) is 0 Å². The van der Waals surface area contributed by atoms with E-state index < -0.39 is 9.84 Å². The monoisotopic (exact) mass is 390 g/mol. The van der Waals surface area contributed by atoms with Crippen LogP contribution in [0.1, 0.15) is 11.1 Å². The number of rotatable bonds is 5. The molecule has 0 amide bonds. The van der Waals surface area contributed by atoms with E-state index in [0.717, 1.165) is 5.56 Å². The molecule has 3 rings (SSSR count). The van der Waals surface area contributed by atoms with Crippen LogP contribution in [0.25, 0.3) is 11.1 Å². The molecule has 0 radical (unpaired) electrons. The maximum atomic E-state index is 13.0. The highest BCUT2D eigenvalue weighted by Crippen LogP contribution is 2.30. The molecule has 134 valence electrons. The van der Waals surface area contributed by atoms with Gasteiger partial charge in [0.05, 0.1) is 22.3 Å². The van der Waals surface area contributed by atoms with Gasteiger partial charge in [0.1, 0.15) is 5.82 Å². The number of sulfone groups is 1. The highest BCUT2D eigenvalue weighted by Gasteiger charge is 2.19. The van der Waals surface area contributed by atoms with Gasteiger partial charge >= 0.3 is 0 Å². The van der Waals surface area contributed by atoms with Crippen molar-refractivity contribution in [2.24, 2.45) is 0 Å². The van der Waals surface area contributed by atoms with Crippen molar-refractivity contribution in [1.29, 1.82) is 0 Å². The normalized spacial score (nSPS) is 11.5. The fraction of sp³-hybridized carbons (Fsp3) is 0.100. The van der Waals surface area contributed by atoms with Gasteiger partial charge in [0.25, 0.3) is 0 Å². The molecule has 0 aliphatic carbocycles. The van der Waals surface area contributed by atoms with Crippen molar-refractivity contribution >= 4 is 21.4 Å². The van der Waals surface area contributed by atoms with E-state index in [4.69, 9.17) is 11.6 Å². The van der Waals surface area contributed by atoms with Crippen LogP contribution in [-0.2, 0) is 22.2 Å². The van der Waals surface area contributed by atoms with Crippen LogP contribution in [0.5, 0.6) is 0 Å². The SMILES string of the molecule is O=S(=O)(Cc1cccc(CO)c1)c1ccc(-c2ccc(F)cc2)cc1Cl. The van der Waals surface area contributed by atoms with Gasteiger partial charge in [-0.3, -0.25) is 0 Å². The molecular formula is C20H16ClFO3S. The van der Waals surface area contributed by atoms with Gasteiger partial charge in [-0.2, -0.15) is 0 Å². The van der Waals surface area contributed by atoms with Crippen LogP contribution in [-0.4, -0.2) is 13.5 Å². The summed E-state index contributed by atoms with van der Waals surface area (Å²) in [6.45, 7) is -0.152. The Bertz CT molecular complexity index is 1030. The second-order valence-corrected chi connectivity index (χ2v) is 8.25. The Balaban J connectivity index is 1.91. The van der Waals surface area contributed by atoms with Gasteiger partial charge in [0, 0.05) is 0 Å². The fourth-order valence-corrected chi connectivity index (χ4v) is 4.63. The third kappa shape index (κ3) is 4.12. The maximum absolute atomic E-state index is 13.0. The van der Waals surface area contributed by atoms with E-state index >= 15 is 0 Å². The van der Waals surface area contributed by atoms with E-state index in [1.807, 2.05) is 0 Å². The summed E-state index contributed by atoms with van der Waals surface area (Å²) in [6, 6.07) is 17.3. The molecule has 0 fully saturated rings. The average molecular weight is 391 g/mol. The van der Waals surface area contributed by atoms with Gasteiger partial charge in [0.2, 0.25) is 0 Å². The molecule has 26 heavy (non-hydrogen) atoms. The Morgan fingerprint density at radius 2 is 1.54 bits per heavy atom. The summed E-state index contributed by atoms with van der Waals surface area (Å²) >= 11 is 6.23. The van der Waals surface area contributed by atoms with Crippen molar-refractivity contribution in [3.8, 4) is 11.1 Å². The topological polar surface area (TPSA) is 54.4 Å². The number of aliphatic hydroxyl groups excluding tert-OH is 1. The van der Waals surface area contributed by atoms with Crippen molar-refractivity contribution in [3.05, 3.63) is 88.7 Å². The van der Waals surface area contributed by atoms with Crippen molar-refractivity contribution < 1.29 is 17.9 Å². The molecule has 0 saturated heterocycles. The lowest BCUT2D eigenvalue weighted by atomic mass is 10.1. The third-order valence-corrected chi connectivity index (χ3v) is 6.14. The molecule has 1 N–H and O–H groups in total. The van der Waals surface area contributed by atoms with Gasteiger partial charge in [-0.15, -0.1) is 0 Å². The summed E-state index contributed by atoms with van der Waals surface area (Å²) in [7, 11) is -3.65. The predicted octanol–water partition coefficient (Wildman–Crippen LogP) is 4.61. The molecule has 0 spiro atoms. The van der Waals surface area contributed by atoms with E-state index in [1.165, 1.54) is 18.2 Å². The molecule has 0 aromatic heterocycles. The summed E-state index contributed by atoms with van der Waals surface area (Å²) in [5.41, 5.74) is 2.68. The van der Waals surface area contributed by atoms with Crippen LogP contribution in [0.2, 0.25) is 5.02 Å². The Kier molecular flexibility index (Phi) is 5.41. The van der Waals surface area contributed by atoms with Gasteiger partial charge in [-0.05, 0) is 46.5 Å². The zero-order valence-corrected chi connectivity index (χ0v) is 15.3. The Morgan fingerprint density at radius 1 is 0.885 bits per heavy atom. The lowest BCUT2D eigenvalue weighted by Crippen LogP contribution is -2.06. The van der Waals surface area contributed by atoms with E-state index in [-0.39, 0.29) is 28.1 Å². The van der Waals surface area contributed by atoms with Gasteiger partial charge in [-0.1, -0.05) is 54.1 Å². The minimum Gasteiger partial charge on any atom is -0.392 e. The fourth-order valence-electron chi connectivity index (χ4n) is 2.69. The number of benzene rings is 3. The van der Waals surface area contributed by atoms with Crippen LogP contribution in [0.15, 0.2) is 71.6 Å². The highest BCUT2D eigenvalue weighted by atomic mass is 35.5. The van der Waals surface area contributed by atoms with Crippen molar-refractivity contribution in [3.63, 3.8) is 0 Å². The number of aliphatic hydroxyl groups is 1. The van der Waals surface area contributed by atoms with Crippen molar-refractivity contribution in [1.82, 2.24) is 0 Å². The molecule has 3 nitrogen and oxygen atoms in total. The molecule has 0 atom stereocenters. The lowest BCUT2D eigenvalue weighted by Gasteiger charge is -2.10. The molecule has 6 heteroatoms. The summed E-state index contributed by atoms with van der Waals surface area (Å²) in [5.74, 6) is -0.555. The van der Waals surface area contributed by atoms with Crippen molar-refractivity contribution in [2.75, 3.05) is 0 Å². The number of hydrogen-bond donors (Lipinski definition) is 1. The smallest absolute Gasteiger partial charge is 0.183 e. The number of hydrogen-bond acceptors (Lipinski definition) is 3. The zero-order valence-electron chi connectivity index (χ0n) is 13.7. The molecule has 0 aliphatic heterocycles. The molecule has 0 bridgehead atoms. The maximum Gasteiger partial charge on any atom is 0.183 e. The van der Waals surface area contributed by atoms with Crippen LogP contribution < -0.4 is 0 Å². The number of halogens is 2. The van der Waals surface area contributed by atoms with Gasteiger partial charge < -0.3 is 5.11 Å². The van der Waals surface area contributed by atoms with Crippen LogP contribution >= 0.6 is 11.6 Å². The Hall–Kier alpha value is -2.21. The average Bonchev–Trinajstić information content (AvgIpc) is 2.61. The standard InChI is InChI=1S/C20H16ClFO3S/c21-19-11-17(16-4-7-18(22)8-5-16)6-9-20(19)26(24,25)13-15-3-1-2-14(10-15)12-23/h1-11,23H,12-13H2. The first-order valence-electron chi connectivity index (χ1n) is 7.86. The minimum atomic E-state index is -3.65. The lowest BCUT2D eigenvalue weighted by molar-refractivity contribution is 0.282. The van der Waals surface area contributed by atoms with Crippen LogP contribution in [0, 0.1) is 5.82 Å². The minimum absolute atomic E-state index is 0.0411. The summed E-state index contributed by atoms with van der Waals surface area (Å²) in [4.78, 5) is 0.0411. The molecule has 3 aromatic rings. The summed E-state index contributed by atoms with van der Waals surface area (Å²) < 4.78 is 38.5. The highest BCUT2D eigenvalue weighted by molar-refractivity contribution is 7.90. The van der Waals surface area contributed by atoms with E-state index in [9.17, 15) is 17.9 Å².